The van der Waals surface area contributed by atoms with Crippen molar-refractivity contribution in [2.75, 3.05) is 31.0 Å². The molecule has 1 aliphatic heterocycles. The number of para-hydroxylation sites is 1. The number of hydrogen-bond acceptors (Lipinski definition) is 4. The number of rotatable bonds is 6. The molecule has 0 saturated carbocycles. The fourth-order valence-corrected chi connectivity index (χ4v) is 3.31. The number of aryl methyl sites for hydroxylation is 1. The second-order valence-electron chi connectivity index (χ2n) is 6.48. The Hall–Kier alpha value is -3.02. The Morgan fingerprint density at radius 2 is 1.81 bits per heavy atom. The van der Waals surface area contributed by atoms with E-state index in [0.717, 1.165) is 17.7 Å². The molecule has 27 heavy (non-hydrogen) atoms. The number of hydrogen-bond donors (Lipinski definition) is 1. The Morgan fingerprint density at radius 1 is 1.15 bits per heavy atom. The van der Waals surface area contributed by atoms with E-state index in [4.69, 9.17) is 9.47 Å². The van der Waals surface area contributed by atoms with Gasteiger partial charge in [-0.3, -0.25) is 9.59 Å². The monoisotopic (exact) mass is 368 g/mol. The molecule has 1 N–H and O–H groups in total. The molecule has 0 aliphatic carbocycles. The van der Waals surface area contributed by atoms with Crippen LogP contribution in [0.2, 0.25) is 0 Å². The minimum atomic E-state index is -0.403. The highest BCUT2D eigenvalue weighted by Crippen LogP contribution is 2.30. The van der Waals surface area contributed by atoms with Gasteiger partial charge in [-0.05, 0) is 18.1 Å². The smallest absolute Gasteiger partial charge is 0.229 e. The number of carbonyl (C=O) groups excluding carboxylic acids is 2. The fraction of sp³-hybridized carbons (Fsp3) is 0.333. The number of carbonyl (C=O) groups is 2. The van der Waals surface area contributed by atoms with Gasteiger partial charge in [-0.25, -0.2) is 0 Å². The molecule has 1 heterocycles. The Balaban J connectivity index is 1.74. The minimum Gasteiger partial charge on any atom is -0.497 e. The van der Waals surface area contributed by atoms with Crippen LogP contribution in [0.1, 0.15) is 18.9 Å². The average molecular weight is 368 g/mol. The molecule has 2 amide bonds. The highest BCUT2D eigenvalue weighted by Gasteiger charge is 2.35. The Labute approximate surface area is 159 Å². The van der Waals surface area contributed by atoms with Gasteiger partial charge in [0.05, 0.1) is 20.1 Å². The summed E-state index contributed by atoms with van der Waals surface area (Å²) >= 11 is 0. The lowest BCUT2D eigenvalue weighted by atomic mass is 10.1. The molecular formula is C21H24N2O4. The van der Waals surface area contributed by atoms with Gasteiger partial charge >= 0.3 is 0 Å². The molecule has 0 aromatic heterocycles. The predicted molar refractivity (Wildman–Crippen MR) is 104 cm³/mol. The summed E-state index contributed by atoms with van der Waals surface area (Å²) in [5, 5.41) is 2.88. The lowest BCUT2D eigenvalue weighted by molar-refractivity contribution is -0.122. The third-order valence-corrected chi connectivity index (χ3v) is 4.78. The first-order chi connectivity index (χ1) is 13.0. The van der Waals surface area contributed by atoms with Crippen molar-refractivity contribution >= 4 is 23.2 Å². The standard InChI is InChI=1S/C21H24N2O4/c1-4-14-7-5-6-8-19(14)23-13-15(9-20(23)24)21(25)22-16-10-17(26-2)12-18(11-16)27-3/h5-8,10-12,15H,4,9,13H2,1-3H3,(H,22,25). The summed E-state index contributed by atoms with van der Waals surface area (Å²) in [5.41, 5.74) is 2.57. The maximum absolute atomic E-state index is 12.7. The average Bonchev–Trinajstić information content (AvgIpc) is 3.09. The van der Waals surface area contributed by atoms with Crippen LogP contribution in [0.5, 0.6) is 11.5 Å². The molecule has 0 spiro atoms. The summed E-state index contributed by atoms with van der Waals surface area (Å²) in [6, 6.07) is 13.0. The largest absolute Gasteiger partial charge is 0.497 e. The van der Waals surface area contributed by atoms with E-state index in [-0.39, 0.29) is 18.2 Å². The maximum atomic E-state index is 12.7. The van der Waals surface area contributed by atoms with Crippen molar-refractivity contribution in [3.63, 3.8) is 0 Å². The van der Waals surface area contributed by atoms with Gasteiger partial charge in [-0.1, -0.05) is 25.1 Å². The Bertz CT molecular complexity index is 828. The van der Waals surface area contributed by atoms with Crippen LogP contribution in [-0.4, -0.2) is 32.6 Å². The van der Waals surface area contributed by atoms with Crippen molar-refractivity contribution in [2.45, 2.75) is 19.8 Å². The van der Waals surface area contributed by atoms with E-state index in [1.165, 1.54) is 0 Å². The SMILES string of the molecule is CCc1ccccc1N1CC(C(=O)Nc2cc(OC)cc(OC)c2)CC1=O. The number of methoxy groups -OCH3 is 2. The normalized spacial score (nSPS) is 16.3. The van der Waals surface area contributed by atoms with Gasteiger partial charge in [0.2, 0.25) is 11.8 Å². The molecule has 3 rings (SSSR count). The minimum absolute atomic E-state index is 0.0285. The number of benzene rings is 2. The van der Waals surface area contributed by atoms with Crippen LogP contribution in [0, 0.1) is 5.92 Å². The van der Waals surface area contributed by atoms with Gasteiger partial charge in [0.1, 0.15) is 11.5 Å². The number of amides is 2. The van der Waals surface area contributed by atoms with Gasteiger partial charge < -0.3 is 19.7 Å². The van der Waals surface area contributed by atoms with Crippen LogP contribution in [0.15, 0.2) is 42.5 Å². The summed E-state index contributed by atoms with van der Waals surface area (Å²) in [7, 11) is 3.11. The molecule has 1 saturated heterocycles. The number of anilines is 2. The van der Waals surface area contributed by atoms with Crippen LogP contribution in [0.25, 0.3) is 0 Å². The zero-order valence-corrected chi connectivity index (χ0v) is 15.8. The summed E-state index contributed by atoms with van der Waals surface area (Å²) < 4.78 is 10.5. The summed E-state index contributed by atoms with van der Waals surface area (Å²) in [5.74, 6) is 0.560. The van der Waals surface area contributed by atoms with E-state index < -0.39 is 5.92 Å². The number of ether oxygens (including phenoxy) is 2. The zero-order chi connectivity index (χ0) is 19.4. The molecule has 2 aromatic rings. The molecule has 6 nitrogen and oxygen atoms in total. The van der Waals surface area contributed by atoms with Gasteiger partial charge in [-0.15, -0.1) is 0 Å². The van der Waals surface area contributed by atoms with Gasteiger partial charge in [0, 0.05) is 42.5 Å². The maximum Gasteiger partial charge on any atom is 0.229 e. The molecule has 142 valence electrons. The molecule has 1 fully saturated rings. The first-order valence-corrected chi connectivity index (χ1v) is 8.98. The molecule has 1 unspecified atom stereocenters. The second-order valence-corrected chi connectivity index (χ2v) is 6.48. The van der Waals surface area contributed by atoms with Gasteiger partial charge in [0.25, 0.3) is 0 Å². The molecule has 1 aliphatic rings. The van der Waals surface area contributed by atoms with Crippen molar-refractivity contribution in [1.82, 2.24) is 0 Å². The highest BCUT2D eigenvalue weighted by molar-refractivity contribution is 6.04. The molecule has 0 radical (unpaired) electrons. The quantitative estimate of drug-likeness (QED) is 0.850. The topological polar surface area (TPSA) is 67.9 Å². The van der Waals surface area contributed by atoms with Gasteiger partial charge in [0.15, 0.2) is 0 Å². The Morgan fingerprint density at radius 3 is 2.44 bits per heavy atom. The van der Waals surface area contributed by atoms with Crippen LogP contribution in [0.3, 0.4) is 0 Å². The molecule has 2 aromatic carbocycles. The molecular weight excluding hydrogens is 344 g/mol. The van der Waals surface area contributed by atoms with E-state index in [2.05, 4.69) is 12.2 Å². The van der Waals surface area contributed by atoms with Crippen molar-refractivity contribution in [2.24, 2.45) is 5.92 Å². The third kappa shape index (κ3) is 4.05. The van der Waals surface area contributed by atoms with Crippen molar-refractivity contribution in [3.8, 4) is 11.5 Å². The molecule has 0 bridgehead atoms. The van der Waals surface area contributed by atoms with Gasteiger partial charge in [-0.2, -0.15) is 0 Å². The van der Waals surface area contributed by atoms with E-state index >= 15 is 0 Å². The predicted octanol–water partition coefficient (Wildman–Crippen LogP) is 3.26. The lowest BCUT2D eigenvalue weighted by Crippen LogP contribution is -2.28. The van der Waals surface area contributed by atoms with Crippen LogP contribution >= 0.6 is 0 Å². The van der Waals surface area contributed by atoms with E-state index in [0.29, 0.717) is 23.7 Å². The van der Waals surface area contributed by atoms with E-state index in [9.17, 15) is 9.59 Å². The van der Waals surface area contributed by atoms with Crippen molar-refractivity contribution < 1.29 is 19.1 Å². The summed E-state index contributed by atoms with van der Waals surface area (Å²) in [6.45, 7) is 2.43. The van der Waals surface area contributed by atoms with Crippen molar-refractivity contribution in [3.05, 3.63) is 48.0 Å². The first kappa shape index (κ1) is 18.8. The molecule has 1 atom stereocenters. The summed E-state index contributed by atoms with van der Waals surface area (Å²) in [4.78, 5) is 27.0. The second kappa shape index (κ2) is 8.12. The van der Waals surface area contributed by atoms with E-state index in [1.807, 2.05) is 24.3 Å². The highest BCUT2D eigenvalue weighted by atomic mass is 16.5. The van der Waals surface area contributed by atoms with Crippen LogP contribution < -0.4 is 19.7 Å². The van der Waals surface area contributed by atoms with Crippen LogP contribution in [-0.2, 0) is 16.0 Å². The zero-order valence-electron chi connectivity index (χ0n) is 15.8. The van der Waals surface area contributed by atoms with Crippen LogP contribution in [0.4, 0.5) is 11.4 Å². The third-order valence-electron chi connectivity index (χ3n) is 4.78. The van der Waals surface area contributed by atoms with E-state index in [1.54, 1.807) is 37.3 Å². The lowest BCUT2D eigenvalue weighted by Gasteiger charge is -2.20. The number of nitrogens with zero attached hydrogens (tertiary/aromatic N) is 1. The number of nitrogens with one attached hydrogen (secondary N) is 1. The molecule has 6 heteroatoms. The first-order valence-electron chi connectivity index (χ1n) is 8.98. The Kier molecular flexibility index (Phi) is 5.64. The summed E-state index contributed by atoms with van der Waals surface area (Å²) in [6.07, 6.45) is 1.03. The van der Waals surface area contributed by atoms with Crippen molar-refractivity contribution in [1.29, 1.82) is 0 Å². The fourth-order valence-electron chi connectivity index (χ4n) is 3.31.